The molecule has 6 nitrogen and oxygen atoms in total. The number of likely N-dealkylation sites (tertiary alicyclic amines) is 1. The predicted octanol–water partition coefficient (Wildman–Crippen LogP) is 3.49. The largest absolute Gasteiger partial charge is 0.467 e. The second-order valence-corrected chi connectivity index (χ2v) is 7.39. The predicted molar refractivity (Wildman–Crippen MR) is 101 cm³/mol. The third-order valence-electron chi connectivity index (χ3n) is 5.58. The maximum Gasteiger partial charge on any atom is 0.257 e. The zero-order valence-corrected chi connectivity index (χ0v) is 16.3. The van der Waals surface area contributed by atoms with Crippen LogP contribution in [0.2, 0.25) is 0 Å². The molecule has 2 aromatic rings. The average Bonchev–Trinajstić information content (AvgIpc) is 3.29. The van der Waals surface area contributed by atoms with Gasteiger partial charge in [0.1, 0.15) is 5.76 Å². The summed E-state index contributed by atoms with van der Waals surface area (Å²) in [6.07, 6.45) is 6.36. The molecule has 1 saturated heterocycles. The van der Waals surface area contributed by atoms with E-state index < -0.39 is 0 Å². The summed E-state index contributed by atoms with van der Waals surface area (Å²) in [5, 5.41) is 4.48. The van der Waals surface area contributed by atoms with Gasteiger partial charge in [0.2, 0.25) is 0 Å². The molecule has 142 valence electrons. The standard InChI is InChI=1S/C20H30N4O2/c1-5-15(2)24-16(3)19(13-21-24)20(25)23(14-18-7-6-12-26-18)17-8-10-22(4)11-9-17/h6-7,12-13,15,17H,5,8-11,14H2,1-4H3. The van der Waals surface area contributed by atoms with E-state index in [1.54, 1.807) is 12.5 Å². The number of nitrogens with zero attached hydrogens (tertiary/aromatic N) is 4. The number of carbonyl (C=O) groups is 1. The van der Waals surface area contributed by atoms with Crippen molar-refractivity contribution in [3.63, 3.8) is 0 Å². The molecule has 0 N–H and O–H groups in total. The number of aromatic nitrogens is 2. The Bertz CT molecular complexity index is 714. The summed E-state index contributed by atoms with van der Waals surface area (Å²) in [5.74, 6) is 0.882. The van der Waals surface area contributed by atoms with Gasteiger partial charge < -0.3 is 14.2 Å². The van der Waals surface area contributed by atoms with Crippen molar-refractivity contribution in [1.29, 1.82) is 0 Å². The second-order valence-electron chi connectivity index (χ2n) is 7.39. The van der Waals surface area contributed by atoms with Gasteiger partial charge in [-0.2, -0.15) is 5.10 Å². The zero-order chi connectivity index (χ0) is 18.7. The SMILES string of the molecule is CCC(C)n1ncc(C(=O)N(Cc2ccco2)C2CCN(C)CC2)c1C. The van der Waals surface area contributed by atoms with Crippen molar-refractivity contribution < 1.29 is 9.21 Å². The Morgan fingerprint density at radius 3 is 2.77 bits per heavy atom. The molecule has 3 heterocycles. The van der Waals surface area contributed by atoms with Crippen molar-refractivity contribution in [3.8, 4) is 0 Å². The normalized spacial score (nSPS) is 17.4. The Morgan fingerprint density at radius 2 is 2.15 bits per heavy atom. The summed E-state index contributed by atoms with van der Waals surface area (Å²) in [6, 6.07) is 4.33. The lowest BCUT2D eigenvalue weighted by molar-refractivity contribution is 0.0549. The Kier molecular flexibility index (Phi) is 5.81. The van der Waals surface area contributed by atoms with Crippen molar-refractivity contribution >= 4 is 5.91 Å². The summed E-state index contributed by atoms with van der Waals surface area (Å²) in [7, 11) is 2.13. The fourth-order valence-corrected chi connectivity index (χ4v) is 3.65. The maximum atomic E-state index is 13.4. The summed E-state index contributed by atoms with van der Waals surface area (Å²) < 4.78 is 7.49. The van der Waals surface area contributed by atoms with Gasteiger partial charge in [-0.15, -0.1) is 0 Å². The van der Waals surface area contributed by atoms with Crippen LogP contribution < -0.4 is 0 Å². The number of carbonyl (C=O) groups excluding carboxylic acids is 1. The first-order chi connectivity index (χ1) is 12.5. The first kappa shape index (κ1) is 18.7. The number of piperidine rings is 1. The van der Waals surface area contributed by atoms with Crippen LogP contribution in [0.15, 0.2) is 29.0 Å². The van der Waals surface area contributed by atoms with E-state index in [1.165, 1.54) is 0 Å². The number of furan rings is 1. The molecule has 3 rings (SSSR count). The van der Waals surface area contributed by atoms with Crippen LogP contribution in [0.4, 0.5) is 0 Å². The quantitative estimate of drug-likeness (QED) is 0.793. The molecule has 0 aliphatic carbocycles. The van der Waals surface area contributed by atoms with E-state index in [1.807, 2.05) is 28.6 Å². The molecule has 2 aromatic heterocycles. The van der Waals surface area contributed by atoms with E-state index in [-0.39, 0.29) is 11.9 Å². The molecule has 0 aromatic carbocycles. The highest BCUT2D eigenvalue weighted by atomic mass is 16.3. The third kappa shape index (κ3) is 3.85. The number of amides is 1. The second kappa shape index (κ2) is 8.08. The smallest absolute Gasteiger partial charge is 0.257 e. The first-order valence-electron chi connectivity index (χ1n) is 9.57. The highest BCUT2D eigenvalue weighted by molar-refractivity contribution is 5.95. The van der Waals surface area contributed by atoms with Crippen LogP contribution in [0.3, 0.4) is 0 Å². The van der Waals surface area contributed by atoms with E-state index in [4.69, 9.17) is 4.42 Å². The molecule has 1 amide bonds. The van der Waals surface area contributed by atoms with Gasteiger partial charge in [0.15, 0.2) is 0 Å². The van der Waals surface area contributed by atoms with Gasteiger partial charge in [-0.25, -0.2) is 0 Å². The molecule has 26 heavy (non-hydrogen) atoms. The summed E-state index contributed by atoms with van der Waals surface area (Å²) >= 11 is 0. The van der Waals surface area contributed by atoms with Crippen molar-refractivity contribution in [3.05, 3.63) is 41.6 Å². The van der Waals surface area contributed by atoms with Crippen LogP contribution in [0.5, 0.6) is 0 Å². The lowest BCUT2D eigenvalue weighted by Crippen LogP contribution is -2.46. The van der Waals surface area contributed by atoms with Gasteiger partial charge in [0.25, 0.3) is 5.91 Å². The minimum absolute atomic E-state index is 0.0583. The topological polar surface area (TPSA) is 54.5 Å². The maximum absolute atomic E-state index is 13.4. The van der Waals surface area contributed by atoms with Gasteiger partial charge in [-0.05, 0) is 65.4 Å². The van der Waals surface area contributed by atoms with Crippen LogP contribution in [0.1, 0.15) is 61.0 Å². The van der Waals surface area contributed by atoms with Crippen molar-refractivity contribution in [2.45, 2.75) is 58.7 Å². The molecule has 1 aliphatic heterocycles. The van der Waals surface area contributed by atoms with Crippen LogP contribution in [-0.2, 0) is 6.54 Å². The molecule has 1 aliphatic rings. The van der Waals surface area contributed by atoms with Gasteiger partial charge in [0, 0.05) is 17.8 Å². The Hall–Kier alpha value is -2.08. The third-order valence-corrected chi connectivity index (χ3v) is 5.58. The highest BCUT2D eigenvalue weighted by Gasteiger charge is 2.30. The number of rotatable bonds is 6. The van der Waals surface area contributed by atoms with E-state index in [0.29, 0.717) is 18.2 Å². The minimum atomic E-state index is 0.0583. The van der Waals surface area contributed by atoms with E-state index in [2.05, 4.69) is 30.9 Å². The van der Waals surface area contributed by atoms with Gasteiger partial charge in [-0.1, -0.05) is 6.92 Å². The van der Waals surface area contributed by atoms with E-state index in [9.17, 15) is 4.79 Å². The zero-order valence-electron chi connectivity index (χ0n) is 16.3. The molecular formula is C20H30N4O2. The number of hydrogen-bond donors (Lipinski definition) is 0. The molecule has 1 unspecified atom stereocenters. The highest BCUT2D eigenvalue weighted by Crippen LogP contribution is 2.23. The summed E-state index contributed by atoms with van der Waals surface area (Å²) in [5.41, 5.74) is 1.65. The van der Waals surface area contributed by atoms with Crippen LogP contribution >= 0.6 is 0 Å². The molecular weight excluding hydrogens is 328 g/mol. The minimum Gasteiger partial charge on any atom is -0.467 e. The van der Waals surface area contributed by atoms with Crippen molar-refractivity contribution in [1.82, 2.24) is 19.6 Å². The van der Waals surface area contributed by atoms with Crippen LogP contribution in [0.25, 0.3) is 0 Å². The Labute approximate surface area is 155 Å². The Morgan fingerprint density at radius 1 is 1.42 bits per heavy atom. The summed E-state index contributed by atoms with van der Waals surface area (Å²) in [4.78, 5) is 17.7. The van der Waals surface area contributed by atoms with Gasteiger partial charge in [0.05, 0.1) is 24.6 Å². The molecule has 6 heteroatoms. The molecule has 0 spiro atoms. The monoisotopic (exact) mass is 358 g/mol. The van der Waals surface area contributed by atoms with Gasteiger partial charge >= 0.3 is 0 Å². The Balaban J connectivity index is 1.86. The molecule has 0 radical (unpaired) electrons. The number of hydrogen-bond acceptors (Lipinski definition) is 4. The molecule has 1 fully saturated rings. The fourth-order valence-electron chi connectivity index (χ4n) is 3.65. The lowest BCUT2D eigenvalue weighted by Gasteiger charge is -2.37. The molecule has 0 saturated carbocycles. The molecule has 1 atom stereocenters. The molecule has 0 bridgehead atoms. The fraction of sp³-hybridized carbons (Fsp3) is 0.600. The first-order valence-corrected chi connectivity index (χ1v) is 9.57. The van der Waals surface area contributed by atoms with Crippen molar-refractivity contribution in [2.24, 2.45) is 0 Å². The average molecular weight is 358 g/mol. The van der Waals surface area contributed by atoms with E-state index >= 15 is 0 Å². The van der Waals surface area contributed by atoms with Gasteiger partial charge in [-0.3, -0.25) is 9.48 Å². The van der Waals surface area contributed by atoms with E-state index in [0.717, 1.165) is 43.8 Å². The summed E-state index contributed by atoms with van der Waals surface area (Å²) in [6.45, 7) is 8.79. The lowest BCUT2D eigenvalue weighted by atomic mass is 10.0. The van der Waals surface area contributed by atoms with Crippen LogP contribution in [-0.4, -0.2) is 51.7 Å². The van der Waals surface area contributed by atoms with Crippen molar-refractivity contribution in [2.75, 3.05) is 20.1 Å². The van der Waals surface area contributed by atoms with Crippen LogP contribution in [0, 0.1) is 6.92 Å².